The Morgan fingerprint density at radius 2 is 1.00 bits per heavy atom. The fourth-order valence-electron chi connectivity index (χ4n) is 0. The first-order valence-corrected chi connectivity index (χ1v) is 0.855. The van der Waals surface area contributed by atoms with Crippen LogP contribution in [-0.4, -0.2) is 23.8 Å². The van der Waals surface area contributed by atoms with Crippen molar-refractivity contribution >= 4 is 6.15 Å². The molecule has 0 aromatic heterocycles. The molecule has 0 saturated carbocycles. The summed E-state index contributed by atoms with van der Waals surface area (Å²) in [6.45, 7) is 0. The van der Waals surface area contributed by atoms with E-state index < -0.39 is 0 Å². The van der Waals surface area contributed by atoms with Crippen LogP contribution >= 0.6 is 0 Å². The monoisotopic (exact) mass is 164 g/mol. The van der Waals surface area contributed by atoms with Crippen molar-refractivity contribution in [1.29, 1.82) is 0 Å². The first-order valence-electron chi connectivity index (χ1n) is 0.855. The van der Waals surface area contributed by atoms with Crippen molar-refractivity contribution in [2.75, 3.05) is 7.11 Å². The molecule has 0 amide bonds. The van der Waals surface area contributed by atoms with Gasteiger partial charge in [-0.2, -0.15) is 9.59 Å². The van der Waals surface area contributed by atoms with Crippen molar-refractivity contribution in [3.05, 3.63) is 0 Å². The second-order valence-corrected chi connectivity index (χ2v) is 0.0833. The van der Waals surface area contributed by atoms with Gasteiger partial charge in [-0.15, -0.1) is 0 Å². The van der Waals surface area contributed by atoms with Crippen molar-refractivity contribution in [3.63, 3.8) is 0 Å². The maximum Gasteiger partial charge on any atom is 1.00 e. The lowest BCUT2D eigenvalue weighted by atomic mass is 11.8. The summed E-state index contributed by atoms with van der Waals surface area (Å²) in [7, 11) is 1.00. The number of hydrogen-bond donors (Lipinski definition) is 1. The first-order chi connectivity index (χ1) is 2.41. The maximum atomic E-state index is 8.12. The summed E-state index contributed by atoms with van der Waals surface area (Å²) in [5.74, 6) is 0. The predicted molar refractivity (Wildman–Crippen MR) is 50.4 cm³/mol. The van der Waals surface area contributed by atoms with Gasteiger partial charge in [0, 0.05) is 7.11 Å². The van der Waals surface area contributed by atoms with E-state index in [2.05, 4.69) is 0 Å². The third-order valence-corrected chi connectivity index (χ3v) is 0. The molecule has 0 aliphatic heterocycles. The van der Waals surface area contributed by atoms with E-state index in [0.29, 0.717) is 0 Å². The van der Waals surface area contributed by atoms with E-state index >= 15 is 0 Å². The SMILES string of the molecule is C.C.C.C.CO.O.O=C=O.[H+].[H+].[H+].[H+].[H+].[H+]. The predicted octanol–water partition coefficient (Wildman–Crippen LogP) is 1.42. The lowest BCUT2D eigenvalue weighted by Gasteiger charge is -1.21. The van der Waals surface area contributed by atoms with Gasteiger partial charge in [0.15, 0.2) is 0 Å². The van der Waals surface area contributed by atoms with Gasteiger partial charge >= 0.3 is 14.7 Å². The van der Waals surface area contributed by atoms with E-state index in [1.54, 1.807) is 0 Å². The average molecular weight is 164 g/mol. The molecular weight excluding hydrogens is 136 g/mol. The Morgan fingerprint density at radius 3 is 1.00 bits per heavy atom. The minimum atomic E-state index is 0. The number of carbonyl (C=O) groups excluding carboxylic acids is 2. The van der Waals surface area contributed by atoms with Gasteiger partial charge in [0.1, 0.15) is 0 Å². The molecule has 10 heavy (non-hydrogen) atoms. The lowest BCUT2D eigenvalue weighted by molar-refractivity contribution is -0.191. The van der Waals surface area contributed by atoms with Gasteiger partial charge in [-0.3, -0.25) is 0 Å². The summed E-state index contributed by atoms with van der Waals surface area (Å²) in [6.07, 6.45) is 0.250. The second kappa shape index (κ2) is 4910. The van der Waals surface area contributed by atoms with Gasteiger partial charge in [0.05, 0.1) is 0 Å². The summed E-state index contributed by atoms with van der Waals surface area (Å²) < 4.78 is 0. The van der Waals surface area contributed by atoms with Gasteiger partial charge in [0.2, 0.25) is 0 Å². The second-order valence-electron chi connectivity index (χ2n) is 0.0833. The van der Waals surface area contributed by atoms with Crippen LogP contribution in [0.5, 0.6) is 0 Å². The van der Waals surface area contributed by atoms with Gasteiger partial charge in [-0.05, 0) is 0 Å². The molecule has 0 bridgehead atoms. The largest absolute Gasteiger partial charge is 1.00 e. The zero-order valence-electron chi connectivity index (χ0n) is 9.26. The third kappa shape index (κ3) is 591. The topological polar surface area (TPSA) is 85.9 Å². The van der Waals surface area contributed by atoms with E-state index in [1.807, 2.05) is 0 Å². The van der Waals surface area contributed by atoms with Crippen LogP contribution in [0.4, 0.5) is 0 Å². The van der Waals surface area contributed by atoms with E-state index in [0.717, 1.165) is 7.11 Å². The number of hydrogen-bond acceptors (Lipinski definition) is 3. The molecule has 0 aliphatic rings. The van der Waals surface area contributed by atoms with Crippen LogP contribution in [0.2, 0.25) is 0 Å². The molecule has 0 rings (SSSR count). The van der Waals surface area contributed by atoms with Crippen molar-refractivity contribution in [1.82, 2.24) is 0 Å². The Kier molecular flexibility index (Phi) is 59500. The Morgan fingerprint density at radius 1 is 1.00 bits per heavy atom. The molecule has 4 heteroatoms. The molecule has 0 heterocycles. The van der Waals surface area contributed by atoms with Crippen LogP contribution < -0.4 is 0 Å². The van der Waals surface area contributed by atoms with Gasteiger partial charge in [0.25, 0.3) is 0 Å². The number of aliphatic hydroxyl groups is 1. The minimum Gasteiger partial charge on any atom is -0.412 e. The normalized spacial score (nSPS) is 1.40. The number of aliphatic hydroxyl groups excluding tert-OH is 1. The smallest absolute Gasteiger partial charge is 0.412 e. The van der Waals surface area contributed by atoms with Crippen LogP contribution in [0.1, 0.15) is 38.3 Å². The van der Waals surface area contributed by atoms with Crippen LogP contribution in [-0.2, 0) is 9.59 Å². The molecule has 0 aromatic carbocycles. The summed E-state index contributed by atoms with van der Waals surface area (Å²) >= 11 is 0. The minimum absolute atomic E-state index is 0. The van der Waals surface area contributed by atoms with Crippen molar-refractivity contribution in [2.24, 2.45) is 0 Å². The molecule has 0 radical (unpaired) electrons. The van der Waals surface area contributed by atoms with E-state index in [1.165, 1.54) is 0 Å². The molecule has 0 unspecified atom stereocenters. The molecule has 4 nitrogen and oxygen atoms in total. The third-order valence-electron chi connectivity index (χ3n) is 0. The summed E-state index contributed by atoms with van der Waals surface area (Å²) in [4.78, 5) is 16.2. The molecule has 0 spiro atoms. The zero-order chi connectivity index (χ0) is 4.71. The molecule has 0 saturated heterocycles. The van der Waals surface area contributed by atoms with Crippen molar-refractivity contribution < 1.29 is 28.7 Å². The Balaban J connectivity index is -0.000000000614. The van der Waals surface area contributed by atoms with Crippen LogP contribution in [0, 0.1) is 0 Å². The van der Waals surface area contributed by atoms with Crippen LogP contribution in [0.15, 0.2) is 0 Å². The molecule has 70 valence electrons. The quantitative estimate of drug-likeness (QED) is 0.587. The van der Waals surface area contributed by atoms with Crippen LogP contribution in [0.25, 0.3) is 0 Å². The average Bonchev–Trinajstić information content (AvgIpc) is 1.46. The highest BCUT2D eigenvalue weighted by molar-refractivity contribution is 5.20. The van der Waals surface area contributed by atoms with E-state index in [9.17, 15) is 0 Å². The first kappa shape index (κ1) is 121. The molecule has 0 aliphatic carbocycles. The standard InChI is InChI=1S/CO2.CH4O.4CH4.H2O/c2-1-3;1-2;;;;;/h;2H,1H3;4*1H4;1H2/p+6. The van der Waals surface area contributed by atoms with E-state index in [-0.39, 0.29) is 49.9 Å². The van der Waals surface area contributed by atoms with Gasteiger partial charge < -0.3 is 10.6 Å². The zero-order valence-corrected chi connectivity index (χ0v) is 3.26. The Bertz CT molecular complexity index is 46.0. The Labute approximate surface area is 73.1 Å². The van der Waals surface area contributed by atoms with Crippen molar-refractivity contribution in [3.8, 4) is 0 Å². The molecule has 0 aromatic rings. The highest BCUT2D eigenvalue weighted by Gasteiger charge is 1.13. The van der Waals surface area contributed by atoms with Gasteiger partial charge in [-0.1, -0.05) is 29.7 Å². The fraction of sp³-hybridized carbons (Fsp3) is 0.833. The summed E-state index contributed by atoms with van der Waals surface area (Å²) in [5, 5.41) is 7.00. The summed E-state index contributed by atoms with van der Waals surface area (Å²) in [5.41, 5.74) is 0. The van der Waals surface area contributed by atoms with Crippen molar-refractivity contribution in [2.45, 2.75) is 29.7 Å². The van der Waals surface area contributed by atoms with E-state index in [4.69, 9.17) is 14.7 Å². The molecular formula is C6H28O4+6. The maximum absolute atomic E-state index is 8.12. The van der Waals surface area contributed by atoms with Crippen LogP contribution in [0.3, 0.4) is 0 Å². The molecule has 3 N–H and O–H groups in total. The molecule has 0 fully saturated rings. The molecule has 0 atom stereocenters. The van der Waals surface area contributed by atoms with Gasteiger partial charge in [-0.25, -0.2) is 0 Å². The Hall–Kier alpha value is -0.700. The lowest BCUT2D eigenvalue weighted by Crippen LogP contribution is -1.25. The number of rotatable bonds is 0. The summed E-state index contributed by atoms with van der Waals surface area (Å²) in [6, 6.07) is 0. The highest BCUT2D eigenvalue weighted by atomic mass is 16.2. The highest BCUT2D eigenvalue weighted by Crippen LogP contribution is 0.787. The fourth-order valence-corrected chi connectivity index (χ4v) is 0.